The van der Waals surface area contributed by atoms with Gasteiger partial charge in [0, 0.05) is 26.2 Å². The number of methoxy groups -OCH3 is 1. The van der Waals surface area contributed by atoms with Crippen molar-refractivity contribution in [2.75, 3.05) is 69.8 Å². The number of anilines is 2. The van der Waals surface area contributed by atoms with Gasteiger partial charge in [0.05, 0.1) is 30.7 Å². The lowest BCUT2D eigenvalue weighted by atomic mass is 9.68. The summed E-state index contributed by atoms with van der Waals surface area (Å²) in [6, 6.07) is 4.02. The summed E-state index contributed by atoms with van der Waals surface area (Å²) in [6.45, 7) is 7.42. The van der Waals surface area contributed by atoms with E-state index >= 15 is 0 Å². The van der Waals surface area contributed by atoms with Gasteiger partial charge in [-0.2, -0.15) is 0 Å². The predicted octanol–water partition coefficient (Wildman–Crippen LogP) is 7.04. The number of likely N-dealkylation sites (tertiary alicyclic amines) is 1. The quantitative estimate of drug-likeness (QED) is 0.395. The van der Waals surface area contributed by atoms with Crippen LogP contribution in [0.4, 0.5) is 15.6 Å². The molecule has 2 amide bonds. The highest BCUT2D eigenvalue weighted by Crippen LogP contribution is 2.45. The van der Waals surface area contributed by atoms with Crippen LogP contribution in [-0.2, 0) is 4.74 Å². The number of piperidine rings is 2. The lowest BCUT2D eigenvalue weighted by Crippen LogP contribution is -2.45. The number of carbonyl (C=O) groups is 1. The molecule has 3 saturated heterocycles. The SMILES string of the molecule is C1CCC2(CC1)CCNCC2.COc1ccc(N2CCOCC2)c2sc(NC(=O)N3CCC4(CCCCC4)CC3)nc12. The highest BCUT2D eigenvalue weighted by atomic mass is 32.1. The lowest BCUT2D eigenvalue weighted by molar-refractivity contribution is 0.0849. The molecular weight excluding hydrogens is 546 g/mol. The zero-order valence-electron chi connectivity index (χ0n) is 25.7. The summed E-state index contributed by atoms with van der Waals surface area (Å²) in [7, 11) is 1.66. The molecule has 4 heterocycles. The van der Waals surface area contributed by atoms with Crippen molar-refractivity contribution in [2.45, 2.75) is 89.9 Å². The molecule has 9 heteroatoms. The minimum Gasteiger partial charge on any atom is -0.494 e. The van der Waals surface area contributed by atoms with E-state index in [9.17, 15) is 4.79 Å². The third-order valence-electron chi connectivity index (χ3n) is 10.9. The van der Waals surface area contributed by atoms with Crippen LogP contribution in [0.25, 0.3) is 10.2 Å². The fraction of sp³-hybridized carbons (Fsp3) is 0.758. The lowest BCUT2D eigenvalue weighted by Gasteiger charge is -2.44. The Hall–Kier alpha value is -2.10. The van der Waals surface area contributed by atoms with Crippen molar-refractivity contribution in [2.24, 2.45) is 10.8 Å². The molecule has 0 atom stereocenters. The Kier molecular flexibility index (Phi) is 9.76. The van der Waals surface area contributed by atoms with Crippen LogP contribution < -0.4 is 20.3 Å². The molecule has 2 saturated carbocycles. The molecule has 3 aliphatic heterocycles. The zero-order valence-corrected chi connectivity index (χ0v) is 26.5. The highest BCUT2D eigenvalue weighted by Gasteiger charge is 2.37. The summed E-state index contributed by atoms with van der Waals surface area (Å²) >= 11 is 1.53. The van der Waals surface area contributed by atoms with Crippen molar-refractivity contribution in [1.82, 2.24) is 15.2 Å². The number of ether oxygens (including phenoxy) is 2. The van der Waals surface area contributed by atoms with E-state index in [0.29, 0.717) is 10.5 Å². The van der Waals surface area contributed by atoms with E-state index in [1.54, 1.807) is 7.11 Å². The Bertz CT molecular complexity index is 1150. The van der Waals surface area contributed by atoms with Gasteiger partial charge in [0.25, 0.3) is 0 Å². The summed E-state index contributed by atoms with van der Waals surface area (Å²) in [5.41, 5.74) is 3.23. The Morgan fingerprint density at radius 2 is 1.50 bits per heavy atom. The summed E-state index contributed by atoms with van der Waals surface area (Å²) < 4.78 is 12.1. The molecule has 2 spiro atoms. The van der Waals surface area contributed by atoms with Crippen LogP contribution in [0.15, 0.2) is 12.1 Å². The topological polar surface area (TPSA) is 79.0 Å². The third-order valence-corrected chi connectivity index (χ3v) is 11.9. The van der Waals surface area contributed by atoms with Crippen LogP contribution in [0.1, 0.15) is 89.9 Å². The molecule has 0 bridgehead atoms. The monoisotopic (exact) mass is 597 g/mol. The van der Waals surface area contributed by atoms with E-state index in [2.05, 4.69) is 21.6 Å². The van der Waals surface area contributed by atoms with Crippen LogP contribution in [0.2, 0.25) is 0 Å². The second-order valence-electron chi connectivity index (χ2n) is 13.4. The van der Waals surface area contributed by atoms with Crippen molar-refractivity contribution in [3.05, 3.63) is 12.1 Å². The summed E-state index contributed by atoms with van der Waals surface area (Å²) in [6.07, 6.45) is 19.5. The minimum absolute atomic E-state index is 0.0309. The van der Waals surface area contributed by atoms with Crippen LogP contribution in [-0.4, -0.2) is 75.5 Å². The molecule has 42 heavy (non-hydrogen) atoms. The molecule has 7 rings (SSSR count). The number of benzene rings is 1. The first-order valence-corrected chi connectivity index (χ1v) is 17.5. The first-order valence-electron chi connectivity index (χ1n) is 16.7. The standard InChI is InChI=1S/C23H32N4O3S.C10H19N/c1-29-18-6-5-17(26-13-15-30-16-14-26)20-19(18)24-21(31-20)25-22(28)27-11-9-23(10-12-27)7-3-2-4-8-23;1-2-4-10(5-3-1)6-8-11-9-7-10/h5-6H,2-4,7-16H2,1H3,(H,24,25,28);11H,1-9H2. The second kappa shape index (κ2) is 13.7. The smallest absolute Gasteiger partial charge is 0.323 e. The van der Waals surface area contributed by atoms with Gasteiger partial charge in [-0.3, -0.25) is 5.32 Å². The van der Waals surface area contributed by atoms with Gasteiger partial charge >= 0.3 is 6.03 Å². The maximum Gasteiger partial charge on any atom is 0.323 e. The Labute approximate surface area is 255 Å². The molecule has 5 aliphatic rings. The van der Waals surface area contributed by atoms with Crippen molar-refractivity contribution in [3.8, 4) is 5.75 Å². The summed E-state index contributed by atoms with van der Waals surface area (Å²) in [4.78, 5) is 22.0. The van der Waals surface area contributed by atoms with Crippen LogP contribution in [0.5, 0.6) is 5.75 Å². The number of nitrogens with zero attached hydrogens (tertiary/aromatic N) is 3. The maximum atomic E-state index is 13.0. The zero-order chi connectivity index (χ0) is 28.8. The number of hydrogen-bond acceptors (Lipinski definition) is 7. The number of aromatic nitrogens is 1. The van der Waals surface area contributed by atoms with Gasteiger partial charge in [-0.25, -0.2) is 9.78 Å². The largest absolute Gasteiger partial charge is 0.494 e. The molecule has 2 aromatic rings. The molecule has 5 fully saturated rings. The van der Waals surface area contributed by atoms with E-state index in [4.69, 9.17) is 14.5 Å². The molecule has 232 valence electrons. The first kappa shape index (κ1) is 29.9. The fourth-order valence-corrected chi connectivity index (χ4v) is 9.17. The number of rotatable bonds is 3. The highest BCUT2D eigenvalue weighted by molar-refractivity contribution is 7.23. The third kappa shape index (κ3) is 6.83. The molecular formula is C33H51N5O3S. The number of urea groups is 1. The fourth-order valence-electron chi connectivity index (χ4n) is 8.16. The second-order valence-corrected chi connectivity index (χ2v) is 14.4. The van der Waals surface area contributed by atoms with Crippen LogP contribution in [0, 0.1) is 10.8 Å². The molecule has 1 aromatic heterocycles. The number of thiazole rings is 1. The number of carbonyl (C=O) groups excluding carboxylic acids is 1. The number of hydrogen-bond donors (Lipinski definition) is 2. The van der Waals surface area contributed by atoms with E-state index in [1.165, 1.54) is 101 Å². The van der Waals surface area contributed by atoms with Gasteiger partial charge in [-0.1, -0.05) is 49.9 Å². The normalized spacial score (nSPS) is 23.8. The minimum atomic E-state index is -0.0309. The average molecular weight is 598 g/mol. The average Bonchev–Trinajstić information content (AvgIpc) is 3.46. The first-order chi connectivity index (χ1) is 20.6. The molecule has 8 nitrogen and oxygen atoms in total. The van der Waals surface area contributed by atoms with Crippen LogP contribution >= 0.6 is 11.3 Å². The maximum absolute atomic E-state index is 13.0. The molecule has 0 radical (unpaired) electrons. The summed E-state index contributed by atoms with van der Waals surface area (Å²) in [5, 5.41) is 7.16. The number of amides is 2. The Morgan fingerprint density at radius 3 is 2.12 bits per heavy atom. The van der Waals surface area contributed by atoms with E-state index in [0.717, 1.165) is 79.3 Å². The number of nitrogens with one attached hydrogen (secondary N) is 2. The van der Waals surface area contributed by atoms with Gasteiger partial charge < -0.3 is 24.6 Å². The number of morpholine rings is 1. The van der Waals surface area contributed by atoms with Crippen molar-refractivity contribution in [1.29, 1.82) is 0 Å². The molecule has 2 N–H and O–H groups in total. The van der Waals surface area contributed by atoms with Crippen molar-refractivity contribution < 1.29 is 14.3 Å². The van der Waals surface area contributed by atoms with Crippen LogP contribution in [0.3, 0.4) is 0 Å². The van der Waals surface area contributed by atoms with Gasteiger partial charge in [-0.05, 0) is 87.4 Å². The van der Waals surface area contributed by atoms with Crippen molar-refractivity contribution >= 4 is 38.4 Å². The van der Waals surface area contributed by atoms with Gasteiger partial charge in [0.1, 0.15) is 11.3 Å². The number of fused-ring (bicyclic) bond motifs is 1. The van der Waals surface area contributed by atoms with E-state index in [1.807, 2.05) is 11.0 Å². The van der Waals surface area contributed by atoms with Gasteiger partial charge in [0.15, 0.2) is 5.13 Å². The summed E-state index contributed by atoms with van der Waals surface area (Å²) in [5.74, 6) is 0.737. The van der Waals surface area contributed by atoms with Gasteiger partial charge in [-0.15, -0.1) is 0 Å². The predicted molar refractivity (Wildman–Crippen MR) is 172 cm³/mol. The Morgan fingerprint density at radius 1 is 0.881 bits per heavy atom. The molecule has 2 aliphatic carbocycles. The molecule has 1 aromatic carbocycles. The van der Waals surface area contributed by atoms with Crippen molar-refractivity contribution in [3.63, 3.8) is 0 Å². The van der Waals surface area contributed by atoms with E-state index < -0.39 is 0 Å². The molecule has 0 unspecified atom stereocenters. The van der Waals surface area contributed by atoms with Gasteiger partial charge in [0.2, 0.25) is 0 Å². The Balaban J connectivity index is 0.000000240. The van der Waals surface area contributed by atoms with E-state index in [-0.39, 0.29) is 6.03 Å².